The smallest absolute Gasteiger partial charge is 0.227 e. The van der Waals surface area contributed by atoms with Gasteiger partial charge in [-0.2, -0.15) is 0 Å². The van der Waals surface area contributed by atoms with E-state index >= 15 is 0 Å². The zero-order chi connectivity index (χ0) is 29.1. The van der Waals surface area contributed by atoms with Crippen LogP contribution in [-0.4, -0.2) is 70.0 Å². The van der Waals surface area contributed by atoms with E-state index in [0.717, 1.165) is 53.3 Å². The lowest BCUT2D eigenvalue weighted by Crippen LogP contribution is -2.51. The van der Waals surface area contributed by atoms with Crippen LogP contribution in [0.4, 0.5) is 0 Å². The highest BCUT2D eigenvalue weighted by Gasteiger charge is 2.37. The minimum absolute atomic E-state index is 0.154. The van der Waals surface area contributed by atoms with Gasteiger partial charge in [-0.25, -0.2) is 9.97 Å². The Hall–Kier alpha value is -3.91. The number of aromatic nitrogens is 3. The van der Waals surface area contributed by atoms with Gasteiger partial charge in [0, 0.05) is 36.6 Å². The second kappa shape index (κ2) is 12.5. The standard InChI is InChI=1S/C34H42N6O2/c1-4-5-6-11-16-39-17-18-40(32(41)20-26-23(2)36-29-15-10-8-13-25(26)29)31(22-39)33-35-21-30(37-33)27-19-24-12-7-9-14-28(24)38-34(27)42-3/h7-10,12-15,19,21,25,29,31,36H,4-6,11,16-18,20,22H2,1-3H3,(H,35,37). The van der Waals surface area contributed by atoms with Gasteiger partial charge in [0.2, 0.25) is 11.8 Å². The maximum atomic E-state index is 14.0. The second-order valence-electron chi connectivity index (χ2n) is 11.7. The lowest BCUT2D eigenvalue weighted by atomic mass is 9.88. The Kier molecular flexibility index (Phi) is 8.42. The predicted molar refractivity (Wildman–Crippen MR) is 167 cm³/mol. The van der Waals surface area contributed by atoms with Gasteiger partial charge in [0.15, 0.2) is 0 Å². The Bertz CT molecular complexity index is 1520. The van der Waals surface area contributed by atoms with E-state index in [1.54, 1.807) is 7.11 Å². The van der Waals surface area contributed by atoms with E-state index in [2.05, 4.69) is 70.4 Å². The number of carbonyl (C=O) groups excluding carboxylic acids is 1. The second-order valence-corrected chi connectivity index (χ2v) is 11.7. The monoisotopic (exact) mass is 566 g/mol. The van der Waals surface area contributed by atoms with Gasteiger partial charge < -0.3 is 19.9 Å². The molecule has 3 atom stereocenters. The molecule has 3 aliphatic rings. The third-order valence-electron chi connectivity index (χ3n) is 8.94. The number of imidazole rings is 1. The summed E-state index contributed by atoms with van der Waals surface area (Å²) >= 11 is 0. The van der Waals surface area contributed by atoms with E-state index in [4.69, 9.17) is 14.7 Å². The molecule has 220 valence electrons. The number of amides is 1. The van der Waals surface area contributed by atoms with E-state index in [9.17, 15) is 4.79 Å². The van der Waals surface area contributed by atoms with Crippen LogP contribution in [0.25, 0.3) is 22.2 Å². The number of pyridine rings is 1. The summed E-state index contributed by atoms with van der Waals surface area (Å²) in [5.74, 6) is 1.76. The van der Waals surface area contributed by atoms with Crippen molar-refractivity contribution in [3.63, 3.8) is 0 Å². The van der Waals surface area contributed by atoms with Gasteiger partial charge in [-0.1, -0.05) is 68.7 Å². The lowest BCUT2D eigenvalue weighted by Gasteiger charge is -2.41. The third kappa shape index (κ3) is 5.73. The number of nitrogens with one attached hydrogen (secondary N) is 2. The number of piperazine rings is 1. The van der Waals surface area contributed by atoms with Crippen molar-refractivity contribution in [1.82, 2.24) is 30.1 Å². The maximum Gasteiger partial charge on any atom is 0.227 e. The number of hydrogen-bond acceptors (Lipinski definition) is 6. The number of fused-ring (bicyclic) bond motifs is 2. The number of ether oxygens (including phenoxy) is 1. The molecule has 6 rings (SSSR count). The molecule has 3 unspecified atom stereocenters. The molecule has 0 spiro atoms. The van der Waals surface area contributed by atoms with Crippen LogP contribution in [0.3, 0.4) is 0 Å². The third-order valence-corrected chi connectivity index (χ3v) is 8.94. The molecule has 2 aliphatic heterocycles. The lowest BCUT2D eigenvalue weighted by molar-refractivity contribution is -0.136. The van der Waals surface area contributed by atoms with Crippen LogP contribution >= 0.6 is 0 Å². The zero-order valence-electron chi connectivity index (χ0n) is 25.0. The average molecular weight is 567 g/mol. The summed E-state index contributed by atoms with van der Waals surface area (Å²) in [7, 11) is 1.65. The highest BCUT2D eigenvalue weighted by Crippen LogP contribution is 2.36. The van der Waals surface area contributed by atoms with Gasteiger partial charge in [-0.3, -0.25) is 9.69 Å². The van der Waals surface area contributed by atoms with E-state index in [0.29, 0.717) is 18.8 Å². The molecule has 1 aromatic carbocycles. The van der Waals surface area contributed by atoms with Crippen LogP contribution in [0.1, 0.15) is 57.8 Å². The minimum Gasteiger partial charge on any atom is -0.480 e. The van der Waals surface area contributed by atoms with E-state index in [-0.39, 0.29) is 23.9 Å². The first-order valence-electron chi connectivity index (χ1n) is 15.4. The molecule has 1 saturated heterocycles. The first-order chi connectivity index (χ1) is 20.6. The molecule has 8 heteroatoms. The fraction of sp³-hybridized carbons (Fsp3) is 0.441. The fourth-order valence-electron chi connectivity index (χ4n) is 6.61. The Balaban J connectivity index is 1.27. The van der Waals surface area contributed by atoms with Gasteiger partial charge in [0.05, 0.1) is 42.5 Å². The van der Waals surface area contributed by atoms with Crippen LogP contribution < -0.4 is 10.1 Å². The zero-order valence-corrected chi connectivity index (χ0v) is 25.0. The summed E-state index contributed by atoms with van der Waals surface area (Å²) in [5.41, 5.74) is 4.90. The first-order valence-corrected chi connectivity index (χ1v) is 15.4. The van der Waals surface area contributed by atoms with Gasteiger partial charge in [0.1, 0.15) is 11.9 Å². The largest absolute Gasteiger partial charge is 0.480 e. The van der Waals surface area contributed by atoms with Crippen LogP contribution in [0.5, 0.6) is 5.88 Å². The number of para-hydroxylation sites is 1. The molecular weight excluding hydrogens is 524 g/mol. The van der Waals surface area contributed by atoms with Crippen molar-refractivity contribution in [3.8, 4) is 17.1 Å². The average Bonchev–Trinajstić information content (AvgIpc) is 3.63. The number of nitrogens with zero attached hydrogens (tertiary/aromatic N) is 4. The SMILES string of the molecule is CCCCCCN1CCN(C(=O)CC2=C(C)NC3C=CC=CC23)C(c2ncc(-c3cc4ccccc4nc3OC)[nH]2)C1. The molecule has 42 heavy (non-hydrogen) atoms. The number of methoxy groups -OCH3 is 1. The van der Waals surface area contributed by atoms with Crippen LogP contribution in [0, 0.1) is 5.92 Å². The van der Waals surface area contributed by atoms with Crippen molar-refractivity contribution in [1.29, 1.82) is 0 Å². The highest BCUT2D eigenvalue weighted by atomic mass is 16.5. The highest BCUT2D eigenvalue weighted by molar-refractivity contribution is 5.85. The van der Waals surface area contributed by atoms with Crippen LogP contribution in [0.15, 0.2) is 72.1 Å². The fourth-order valence-corrected chi connectivity index (χ4v) is 6.61. The van der Waals surface area contributed by atoms with E-state index in [1.807, 2.05) is 24.4 Å². The first kappa shape index (κ1) is 28.2. The molecular formula is C34H42N6O2. The number of H-pyrrole nitrogens is 1. The number of rotatable bonds is 10. The number of allylic oxidation sites excluding steroid dienone is 3. The number of aromatic amines is 1. The van der Waals surface area contributed by atoms with Gasteiger partial charge in [0.25, 0.3) is 0 Å². The van der Waals surface area contributed by atoms with Gasteiger partial charge in [-0.05, 0) is 37.6 Å². The maximum absolute atomic E-state index is 14.0. The van der Waals surface area contributed by atoms with Crippen molar-refractivity contribution >= 4 is 16.8 Å². The number of benzene rings is 1. The van der Waals surface area contributed by atoms with Crippen molar-refractivity contribution in [2.45, 2.75) is 58.0 Å². The summed E-state index contributed by atoms with van der Waals surface area (Å²) < 4.78 is 5.68. The van der Waals surface area contributed by atoms with Crippen molar-refractivity contribution in [2.24, 2.45) is 5.92 Å². The summed E-state index contributed by atoms with van der Waals surface area (Å²) in [6, 6.07) is 10.2. The summed E-state index contributed by atoms with van der Waals surface area (Å²) in [6.45, 7) is 7.73. The number of unbranched alkanes of at least 4 members (excludes halogenated alkanes) is 3. The summed E-state index contributed by atoms with van der Waals surface area (Å²) in [6.07, 6.45) is 15.7. The molecule has 1 fully saturated rings. The van der Waals surface area contributed by atoms with Crippen molar-refractivity contribution in [2.75, 3.05) is 33.3 Å². The van der Waals surface area contributed by atoms with E-state index < -0.39 is 0 Å². The Labute approximate surface area is 248 Å². The topological polar surface area (TPSA) is 86.4 Å². The molecule has 8 nitrogen and oxygen atoms in total. The van der Waals surface area contributed by atoms with E-state index in [1.165, 1.54) is 31.3 Å². The molecule has 2 aromatic heterocycles. The van der Waals surface area contributed by atoms with Crippen molar-refractivity contribution < 1.29 is 9.53 Å². The van der Waals surface area contributed by atoms with Crippen LogP contribution in [-0.2, 0) is 4.79 Å². The molecule has 0 radical (unpaired) electrons. The molecule has 0 bridgehead atoms. The Morgan fingerprint density at radius 2 is 1.98 bits per heavy atom. The molecule has 2 N–H and O–H groups in total. The Morgan fingerprint density at radius 1 is 1.12 bits per heavy atom. The minimum atomic E-state index is -0.154. The molecule has 0 saturated carbocycles. The molecule has 1 amide bonds. The van der Waals surface area contributed by atoms with Crippen LogP contribution in [0.2, 0.25) is 0 Å². The summed E-state index contributed by atoms with van der Waals surface area (Å²) in [5, 5.41) is 4.61. The number of carbonyl (C=O) groups is 1. The van der Waals surface area contributed by atoms with Gasteiger partial charge in [-0.15, -0.1) is 0 Å². The molecule has 4 heterocycles. The van der Waals surface area contributed by atoms with Crippen molar-refractivity contribution in [3.05, 3.63) is 77.9 Å². The molecule has 1 aliphatic carbocycles. The quantitative estimate of drug-likeness (QED) is 0.303. The van der Waals surface area contributed by atoms with Gasteiger partial charge >= 0.3 is 0 Å². The number of hydrogen-bond donors (Lipinski definition) is 2. The molecule has 3 aromatic rings. The predicted octanol–water partition coefficient (Wildman–Crippen LogP) is 5.78. The Morgan fingerprint density at radius 3 is 2.83 bits per heavy atom. The normalized spacial score (nSPS) is 22.1. The summed E-state index contributed by atoms with van der Waals surface area (Å²) in [4.78, 5) is 31.7.